The van der Waals surface area contributed by atoms with Crippen LogP contribution in [0.15, 0.2) is 10.7 Å². The largest absolute Gasteiger partial charge is 0.493 e. The second-order valence-corrected chi connectivity index (χ2v) is 6.51. The Bertz CT molecular complexity index is 574. The van der Waals surface area contributed by atoms with Gasteiger partial charge in [0, 0.05) is 0 Å². The maximum absolute atomic E-state index is 12.1. The number of aliphatic hydroxyl groups is 4. The molecule has 0 aromatic carbocycles. The zero-order valence-corrected chi connectivity index (χ0v) is 13.6. The normalized spacial score (nSPS) is 20.2. The molecule has 0 aromatic heterocycles. The molecule has 0 saturated carbocycles. The molecular formula is C13H19NO9S. The summed E-state index contributed by atoms with van der Waals surface area (Å²) in [6.45, 7) is -0.244. The first kappa shape index (κ1) is 20.4. The highest BCUT2D eigenvalue weighted by Crippen LogP contribution is 2.20. The second kappa shape index (κ2) is 8.99. The highest BCUT2D eigenvalue weighted by molar-refractivity contribution is 7.90. The number of nitrogens with one attached hydrogen (secondary N) is 1. The lowest BCUT2D eigenvalue weighted by Crippen LogP contribution is -2.43. The minimum Gasteiger partial charge on any atom is -0.493 e. The molecule has 0 aliphatic carbocycles. The molecule has 136 valence electrons. The summed E-state index contributed by atoms with van der Waals surface area (Å²) in [5.74, 6) is -2.85. The summed E-state index contributed by atoms with van der Waals surface area (Å²) in [6.07, 6.45) is -5.41. The third kappa shape index (κ3) is 5.46. The Labute approximate surface area is 139 Å². The fourth-order valence-corrected chi connectivity index (χ4v) is 2.99. The maximum Gasteiger partial charge on any atom is 0.270 e. The summed E-state index contributed by atoms with van der Waals surface area (Å²) >= 11 is 0. The van der Waals surface area contributed by atoms with Crippen molar-refractivity contribution in [3.63, 3.8) is 0 Å². The predicted octanol–water partition coefficient (Wildman–Crippen LogP) is -3.33. The van der Waals surface area contributed by atoms with Gasteiger partial charge in [-0.25, -0.2) is 0 Å². The van der Waals surface area contributed by atoms with E-state index < -0.39 is 77.0 Å². The Balaban J connectivity index is 2.92. The summed E-state index contributed by atoms with van der Waals surface area (Å²) in [7, 11) is -2.04. The molecule has 2 amide bonds. The van der Waals surface area contributed by atoms with Gasteiger partial charge in [0.2, 0.25) is 5.91 Å². The Morgan fingerprint density at radius 3 is 2.46 bits per heavy atom. The van der Waals surface area contributed by atoms with E-state index in [4.69, 9.17) is 9.84 Å². The predicted molar refractivity (Wildman–Crippen MR) is 79.5 cm³/mol. The van der Waals surface area contributed by atoms with E-state index in [1.165, 1.54) is 6.92 Å². The number of hydrogen-bond acceptors (Lipinski definition) is 9. The molecule has 10 nitrogen and oxygen atoms in total. The quantitative estimate of drug-likeness (QED) is 0.262. The first-order valence-electron chi connectivity index (χ1n) is 6.90. The van der Waals surface area contributed by atoms with Crippen molar-refractivity contribution < 1.29 is 43.8 Å². The first-order chi connectivity index (χ1) is 11.2. The third-order valence-electron chi connectivity index (χ3n) is 3.00. The van der Waals surface area contributed by atoms with Crippen LogP contribution < -0.4 is 5.32 Å². The highest BCUT2D eigenvalue weighted by Gasteiger charge is 2.32. The van der Waals surface area contributed by atoms with Crippen LogP contribution in [0.1, 0.15) is 13.3 Å². The SMILES string of the molecule is CC(=O)CS(=O)C1=C(OC[C@H](O)[C@H](O)[C@H](O)CO)CC(=O)NC1=O. The monoisotopic (exact) mass is 365 g/mol. The fraction of sp³-hybridized carbons (Fsp3) is 0.615. The van der Waals surface area contributed by atoms with Crippen LogP contribution >= 0.6 is 0 Å². The van der Waals surface area contributed by atoms with Crippen LogP contribution in [-0.4, -0.2) is 79.5 Å². The number of hydrogen-bond donors (Lipinski definition) is 5. The zero-order valence-electron chi connectivity index (χ0n) is 12.8. The molecular weight excluding hydrogens is 346 g/mol. The molecule has 0 bridgehead atoms. The summed E-state index contributed by atoms with van der Waals surface area (Å²) in [4.78, 5) is 33.9. The van der Waals surface area contributed by atoms with Gasteiger partial charge in [-0.15, -0.1) is 0 Å². The highest BCUT2D eigenvalue weighted by atomic mass is 32.2. The minimum atomic E-state index is -2.04. The van der Waals surface area contributed by atoms with E-state index in [9.17, 15) is 33.9 Å². The molecule has 1 aliphatic rings. The number of carbonyl (C=O) groups is 3. The smallest absolute Gasteiger partial charge is 0.270 e. The molecule has 0 saturated heterocycles. The van der Waals surface area contributed by atoms with Gasteiger partial charge in [0.25, 0.3) is 5.91 Å². The summed E-state index contributed by atoms with van der Waals surface area (Å²) in [6, 6.07) is 0. The maximum atomic E-state index is 12.1. The molecule has 1 heterocycles. The number of imide groups is 1. The lowest BCUT2D eigenvalue weighted by Gasteiger charge is -2.24. The van der Waals surface area contributed by atoms with Crippen LogP contribution in [0.25, 0.3) is 0 Å². The molecule has 0 spiro atoms. The van der Waals surface area contributed by atoms with Crippen molar-refractivity contribution in [3.05, 3.63) is 10.7 Å². The lowest BCUT2D eigenvalue weighted by molar-refractivity contribution is -0.130. The van der Waals surface area contributed by atoms with Crippen molar-refractivity contribution in [2.24, 2.45) is 0 Å². The van der Waals surface area contributed by atoms with Crippen molar-refractivity contribution in [1.29, 1.82) is 0 Å². The molecule has 1 aliphatic heterocycles. The van der Waals surface area contributed by atoms with Gasteiger partial charge in [0.15, 0.2) is 0 Å². The molecule has 1 unspecified atom stereocenters. The van der Waals surface area contributed by atoms with E-state index in [-0.39, 0.29) is 5.76 Å². The standard InChI is InChI=1S/C13H19NO9S/c1-6(16)5-24(22)12-9(2-10(19)14-13(12)21)23-4-8(18)11(20)7(17)3-15/h7-8,11,15,17-18,20H,2-5H2,1H3,(H,14,19,21)/t7-,8+,11-,24?/m1/s1. The molecule has 1 rings (SSSR count). The van der Waals surface area contributed by atoms with E-state index >= 15 is 0 Å². The summed E-state index contributed by atoms with van der Waals surface area (Å²) in [5.41, 5.74) is 0. The van der Waals surface area contributed by atoms with Crippen LogP contribution in [0.4, 0.5) is 0 Å². The number of Topliss-reactive ketones (excluding diaryl/α,β-unsaturated/α-hetero) is 1. The van der Waals surface area contributed by atoms with Gasteiger partial charge >= 0.3 is 0 Å². The van der Waals surface area contributed by atoms with Gasteiger partial charge in [0.05, 0.1) is 29.6 Å². The van der Waals surface area contributed by atoms with E-state index in [1.807, 2.05) is 5.32 Å². The van der Waals surface area contributed by atoms with E-state index in [1.54, 1.807) is 0 Å². The fourth-order valence-electron chi connectivity index (χ4n) is 1.83. The van der Waals surface area contributed by atoms with Crippen molar-refractivity contribution in [3.8, 4) is 0 Å². The number of ether oxygens (including phenoxy) is 1. The van der Waals surface area contributed by atoms with Crippen LogP contribution in [-0.2, 0) is 29.9 Å². The Kier molecular flexibility index (Phi) is 7.63. The number of amides is 2. The number of carbonyl (C=O) groups excluding carboxylic acids is 3. The number of aliphatic hydroxyl groups excluding tert-OH is 4. The molecule has 5 N–H and O–H groups in total. The van der Waals surface area contributed by atoms with Gasteiger partial charge in [0.1, 0.15) is 41.4 Å². The van der Waals surface area contributed by atoms with Gasteiger partial charge in [-0.05, 0) is 6.92 Å². The molecule has 4 atom stereocenters. The van der Waals surface area contributed by atoms with Crippen LogP contribution in [0, 0.1) is 0 Å². The summed E-state index contributed by atoms with van der Waals surface area (Å²) < 4.78 is 17.2. The number of rotatable bonds is 9. The van der Waals surface area contributed by atoms with Gasteiger partial charge in [-0.1, -0.05) is 0 Å². The van der Waals surface area contributed by atoms with Gasteiger partial charge in [-0.3, -0.25) is 23.9 Å². The lowest BCUT2D eigenvalue weighted by atomic mass is 10.1. The van der Waals surface area contributed by atoms with E-state index in [0.29, 0.717) is 0 Å². The molecule has 0 radical (unpaired) electrons. The minimum absolute atomic E-state index is 0.284. The third-order valence-corrected chi connectivity index (χ3v) is 4.54. The average molecular weight is 365 g/mol. The van der Waals surface area contributed by atoms with Crippen molar-refractivity contribution in [2.45, 2.75) is 31.7 Å². The van der Waals surface area contributed by atoms with Crippen LogP contribution in [0.5, 0.6) is 0 Å². The Morgan fingerprint density at radius 2 is 1.92 bits per heavy atom. The van der Waals surface area contributed by atoms with Crippen molar-refractivity contribution >= 4 is 28.4 Å². The van der Waals surface area contributed by atoms with Gasteiger partial charge in [-0.2, -0.15) is 0 Å². The molecule has 11 heteroatoms. The first-order valence-corrected chi connectivity index (χ1v) is 8.22. The topological polar surface area (TPSA) is 170 Å². The van der Waals surface area contributed by atoms with Crippen LogP contribution in [0.3, 0.4) is 0 Å². The Morgan fingerprint density at radius 1 is 1.29 bits per heavy atom. The summed E-state index contributed by atoms with van der Waals surface area (Å²) in [5, 5.41) is 39.0. The van der Waals surface area contributed by atoms with E-state index in [0.717, 1.165) is 0 Å². The Hall–Kier alpha value is -1.66. The molecule has 24 heavy (non-hydrogen) atoms. The van der Waals surface area contributed by atoms with Crippen LogP contribution in [0.2, 0.25) is 0 Å². The average Bonchev–Trinajstić information content (AvgIpc) is 2.49. The second-order valence-electron chi connectivity index (χ2n) is 5.12. The van der Waals surface area contributed by atoms with Crippen molar-refractivity contribution in [2.75, 3.05) is 19.0 Å². The molecule has 0 aromatic rings. The molecule has 0 fully saturated rings. The zero-order chi connectivity index (χ0) is 18.4. The van der Waals surface area contributed by atoms with E-state index in [2.05, 4.69) is 0 Å². The van der Waals surface area contributed by atoms with Crippen molar-refractivity contribution in [1.82, 2.24) is 5.32 Å². The number of ketones is 1. The van der Waals surface area contributed by atoms with Gasteiger partial charge < -0.3 is 25.2 Å².